The molecule has 0 saturated carbocycles. The molecule has 0 bridgehead atoms. The number of allylic oxidation sites excluding steroid dienone is 1. The van der Waals surface area contributed by atoms with E-state index in [1.54, 1.807) is 37.5 Å². The van der Waals surface area contributed by atoms with Gasteiger partial charge in [-0.15, -0.1) is 0 Å². The van der Waals surface area contributed by atoms with E-state index in [9.17, 15) is 9.90 Å². The minimum absolute atomic E-state index is 0.189. The molecule has 106 valence electrons. The molecule has 4 heteroatoms. The topological polar surface area (TPSA) is 55.8 Å². The van der Waals surface area contributed by atoms with Crippen molar-refractivity contribution in [3.05, 3.63) is 41.5 Å². The van der Waals surface area contributed by atoms with E-state index in [1.807, 2.05) is 13.8 Å². The van der Waals surface area contributed by atoms with E-state index in [0.29, 0.717) is 11.3 Å². The summed E-state index contributed by atoms with van der Waals surface area (Å²) in [5.41, 5.74) is 1.65. The molecule has 1 unspecified atom stereocenters. The van der Waals surface area contributed by atoms with Gasteiger partial charge in [0.15, 0.2) is 0 Å². The first-order valence-corrected chi connectivity index (χ1v) is 6.16. The number of aliphatic hydroxyl groups is 1. The lowest BCUT2D eigenvalue weighted by molar-refractivity contribution is -0.135. The summed E-state index contributed by atoms with van der Waals surface area (Å²) in [5, 5.41) is 9.81. The minimum atomic E-state index is -1.03. The summed E-state index contributed by atoms with van der Waals surface area (Å²) in [6, 6.07) is 6.81. The quantitative estimate of drug-likeness (QED) is 0.396. The Hall–Kier alpha value is -2.25. The van der Waals surface area contributed by atoms with Crippen molar-refractivity contribution in [2.75, 3.05) is 13.7 Å². The van der Waals surface area contributed by atoms with Crippen molar-refractivity contribution in [1.29, 1.82) is 0 Å². The predicted octanol–water partition coefficient (Wildman–Crippen LogP) is 2.24. The van der Waals surface area contributed by atoms with Crippen molar-refractivity contribution >= 4 is 5.97 Å². The molecule has 1 rings (SSSR count). The molecule has 0 aliphatic carbocycles. The van der Waals surface area contributed by atoms with E-state index in [-0.39, 0.29) is 6.61 Å². The van der Waals surface area contributed by atoms with Gasteiger partial charge < -0.3 is 14.6 Å². The fourth-order valence-corrected chi connectivity index (χ4v) is 1.32. The predicted molar refractivity (Wildman–Crippen MR) is 76.1 cm³/mol. The van der Waals surface area contributed by atoms with Gasteiger partial charge in [-0.3, -0.25) is 0 Å². The average molecular weight is 274 g/mol. The van der Waals surface area contributed by atoms with Crippen LogP contribution in [0.25, 0.3) is 0 Å². The summed E-state index contributed by atoms with van der Waals surface area (Å²) in [7, 11) is 1.56. The van der Waals surface area contributed by atoms with Crippen LogP contribution in [-0.4, -0.2) is 24.8 Å². The third-order valence-corrected chi connectivity index (χ3v) is 2.45. The Labute approximate surface area is 119 Å². The number of hydrogen-bond donors (Lipinski definition) is 1. The van der Waals surface area contributed by atoms with E-state index >= 15 is 0 Å². The van der Waals surface area contributed by atoms with E-state index in [1.165, 1.54) is 0 Å². The molecule has 0 aliphatic rings. The highest BCUT2D eigenvalue weighted by molar-refractivity contribution is 5.88. The smallest absolute Gasteiger partial charge is 0.384 e. The highest BCUT2D eigenvalue weighted by Crippen LogP contribution is 2.16. The number of esters is 1. The molecule has 1 aromatic rings. The van der Waals surface area contributed by atoms with Gasteiger partial charge in [0.2, 0.25) is 0 Å². The Balaban J connectivity index is 2.56. The Kier molecular flexibility index (Phi) is 6.34. The molecule has 0 amide bonds. The number of benzene rings is 1. The van der Waals surface area contributed by atoms with Crippen molar-refractivity contribution in [1.82, 2.24) is 0 Å². The van der Waals surface area contributed by atoms with Gasteiger partial charge >= 0.3 is 5.97 Å². The van der Waals surface area contributed by atoms with E-state index in [2.05, 4.69) is 11.8 Å². The molecule has 1 N–H and O–H groups in total. The zero-order valence-corrected chi connectivity index (χ0v) is 11.8. The van der Waals surface area contributed by atoms with Crippen LogP contribution in [0, 0.1) is 11.8 Å². The second-order valence-corrected chi connectivity index (χ2v) is 4.32. The highest BCUT2D eigenvalue weighted by Gasteiger charge is 2.04. The largest absolute Gasteiger partial charge is 0.497 e. The number of hydrogen-bond acceptors (Lipinski definition) is 4. The summed E-state index contributed by atoms with van der Waals surface area (Å²) in [4.78, 5) is 11.3. The van der Waals surface area contributed by atoms with Gasteiger partial charge in [-0.05, 0) is 37.6 Å². The van der Waals surface area contributed by atoms with Gasteiger partial charge in [0.05, 0.1) is 7.11 Å². The molecule has 0 aromatic heterocycles. The number of ether oxygens (including phenoxy) is 2. The molecule has 1 aromatic carbocycles. The summed E-state index contributed by atoms with van der Waals surface area (Å²) in [5.74, 6) is 4.74. The number of carbonyl (C=O) groups is 1. The van der Waals surface area contributed by atoms with Crippen LogP contribution in [-0.2, 0) is 9.53 Å². The summed E-state index contributed by atoms with van der Waals surface area (Å²) in [6.07, 6.45) is 0.747. The van der Waals surface area contributed by atoms with E-state index < -0.39 is 12.1 Å². The fourth-order valence-electron chi connectivity index (χ4n) is 1.32. The zero-order chi connectivity index (χ0) is 15.0. The Morgan fingerprint density at radius 1 is 1.35 bits per heavy atom. The van der Waals surface area contributed by atoms with Crippen molar-refractivity contribution in [3.63, 3.8) is 0 Å². The van der Waals surface area contributed by atoms with Gasteiger partial charge in [0, 0.05) is 5.92 Å². The third kappa shape index (κ3) is 5.59. The number of methoxy groups -OCH3 is 1. The maximum atomic E-state index is 11.3. The molecule has 0 fully saturated rings. The molecule has 0 heterocycles. The van der Waals surface area contributed by atoms with E-state index in [4.69, 9.17) is 9.47 Å². The molecule has 0 saturated heterocycles. The standard InChI is InChI=1S/C16H18O4/c1-12(2)10-11-20-16(18)9-8-15(17)13-4-6-14(19-3)7-5-13/h4-7,10,15,17H,11H2,1-3H3. The van der Waals surface area contributed by atoms with Crippen molar-refractivity contribution in [2.45, 2.75) is 20.0 Å². The fraction of sp³-hybridized carbons (Fsp3) is 0.312. The third-order valence-electron chi connectivity index (χ3n) is 2.45. The summed E-state index contributed by atoms with van der Waals surface area (Å²) >= 11 is 0. The molecule has 1 atom stereocenters. The van der Waals surface area contributed by atoms with Crippen molar-refractivity contribution in [2.24, 2.45) is 0 Å². The molecule has 20 heavy (non-hydrogen) atoms. The Bertz CT molecular complexity index is 528. The highest BCUT2D eigenvalue weighted by atomic mass is 16.5. The van der Waals surface area contributed by atoms with Gasteiger partial charge in [0.25, 0.3) is 0 Å². The van der Waals surface area contributed by atoms with Gasteiger partial charge in [-0.2, -0.15) is 0 Å². The first kappa shape index (κ1) is 15.8. The average Bonchev–Trinajstić information content (AvgIpc) is 2.44. The van der Waals surface area contributed by atoms with Gasteiger partial charge in [0.1, 0.15) is 18.5 Å². The zero-order valence-electron chi connectivity index (χ0n) is 11.8. The first-order chi connectivity index (χ1) is 9.52. The minimum Gasteiger partial charge on any atom is -0.497 e. The monoisotopic (exact) mass is 274 g/mol. The number of rotatable bonds is 4. The first-order valence-electron chi connectivity index (χ1n) is 6.16. The van der Waals surface area contributed by atoms with Crippen LogP contribution >= 0.6 is 0 Å². The number of carbonyl (C=O) groups excluding carboxylic acids is 1. The second kappa shape index (κ2) is 8.03. The maximum Gasteiger partial charge on any atom is 0.384 e. The van der Waals surface area contributed by atoms with Gasteiger partial charge in [-0.1, -0.05) is 23.6 Å². The lowest BCUT2D eigenvalue weighted by Gasteiger charge is -2.04. The molecular weight excluding hydrogens is 256 g/mol. The normalized spacial score (nSPS) is 10.8. The SMILES string of the molecule is COc1ccc(C(O)C#CC(=O)OCC=C(C)C)cc1. The van der Waals surface area contributed by atoms with Crippen LogP contribution < -0.4 is 4.74 Å². The number of aliphatic hydroxyl groups excluding tert-OH is 1. The van der Waals surface area contributed by atoms with Gasteiger partial charge in [-0.25, -0.2) is 4.79 Å². The second-order valence-electron chi connectivity index (χ2n) is 4.32. The molecule has 4 nitrogen and oxygen atoms in total. The lowest BCUT2D eigenvalue weighted by Crippen LogP contribution is -2.02. The maximum absolute atomic E-state index is 11.3. The summed E-state index contributed by atoms with van der Waals surface area (Å²) < 4.78 is 9.87. The summed E-state index contributed by atoms with van der Waals surface area (Å²) in [6.45, 7) is 4.01. The van der Waals surface area contributed by atoms with Crippen LogP contribution in [0.5, 0.6) is 5.75 Å². The molecule has 0 spiro atoms. The molecular formula is C16H18O4. The van der Waals surface area contributed by atoms with Crippen LogP contribution in [0.15, 0.2) is 35.9 Å². The van der Waals surface area contributed by atoms with Crippen molar-refractivity contribution in [3.8, 4) is 17.6 Å². The Morgan fingerprint density at radius 2 is 2.00 bits per heavy atom. The van der Waals surface area contributed by atoms with Crippen LogP contribution in [0.1, 0.15) is 25.5 Å². The van der Waals surface area contributed by atoms with Crippen LogP contribution in [0.2, 0.25) is 0 Å². The Morgan fingerprint density at radius 3 is 2.55 bits per heavy atom. The lowest BCUT2D eigenvalue weighted by atomic mass is 10.1. The molecule has 0 aliphatic heterocycles. The van der Waals surface area contributed by atoms with E-state index in [0.717, 1.165) is 5.57 Å². The van der Waals surface area contributed by atoms with Crippen LogP contribution in [0.4, 0.5) is 0 Å². The molecule has 0 radical (unpaired) electrons. The van der Waals surface area contributed by atoms with Crippen molar-refractivity contribution < 1.29 is 19.4 Å². The van der Waals surface area contributed by atoms with Crippen LogP contribution in [0.3, 0.4) is 0 Å².